The molecule has 1 N–H and O–H groups in total. The second-order valence-electron chi connectivity index (χ2n) is 6.34. The molecule has 0 bridgehead atoms. The van der Waals surface area contributed by atoms with Gasteiger partial charge in [0, 0.05) is 18.0 Å². The van der Waals surface area contributed by atoms with Crippen LogP contribution in [0.4, 0.5) is 0 Å². The molecule has 0 aromatic heterocycles. The third kappa shape index (κ3) is 2.51. The van der Waals surface area contributed by atoms with Crippen LogP contribution in [0.5, 0.6) is 5.75 Å². The number of benzene rings is 1. The molecule has 1 aliphatic heterocycles. The van der Waals surface area contributed by atoms with Gasteiger partial charge in [-0.2, -0.15) is 0 Å². The van der Waals surface area contributed by atoms with Gasteiger partial charge in [-0.3, -0.25) is 0 Å². The molecule has 1 aliphatic carbocycles. The van der Waals surface area contributed by atoms with Crippen LogP contribution in [0.25, 0.3) is 0 Å². The summed E-state index contributed by atoms with van der Waals surface area (Å²) in [5, 5.41) is 3.65. The van der Waals surface area contributed by atoms with Gasteiger partial charge in [0.05, 0.1) is 0 Å². The number of hydrogen-bond donors (Lipinski definition) is 1. The standard InChI is InChI=1S/C17H25NO/c1-3-18-15-12-17(10-6-7-13(2)11-17)19-16-9-5-4-8-14(15)16/h4-5,8-9,13,15,18H,3,6-7,10-12H2,1-2H3. The zero-order valence-electron chi connectivity index (χ0n) is 12.1. The smallest absolute Gasteiger partial charge is 0.124 e. The van der Waals surface area contributed by atoms with E-state index in [1.807, 2.05) is 0 Å². The van der Waals surface area contributed by atoms with E-state index in [4.69, 9.17) is 4.74 Å². The SMILES string of the molecule is CCNC1CC2(CCCC(C)C2)Oc2ccccc21. The average Bonchev–Trinajstić information content (AvgIpc) is 2.38. The summed E-state index contributed by atoms with van der Waals surface area (Å²) in [7, 11) is 0. The topological polar surface area (TPSA) is 21.3 Å². The Balaban J connectivity index is 1.91. The minimum atomic E-state index is 0.0822. The minimum absolute atomic E-state index is 0.0822. The van der Waals surface area contributed by atoms with E-state index in [2.05, 4.69) is 43.4 Å². The highest BCUT2D eigenvalue weighted by Crippen LogP contribution is 2.47. The summed E-state index contributed by atoms with van der Waals surface area (Å²) in [5.41, 5.74) is 1.42. The first-order valence-corrected chi connectivity index (χ1v) is 7.74. The third-order valence-electron chi connectivity index (χ3n) is 4.70. The van der Waals surface area contributed by atoms with E-state index in [1.54, 1.807) is 0 Å². The van der Waals surface area contributed by atoms with Crippen molar-refractivity contribution in [1.82, 2.24) is 5.32 Å². The van der Waals surface area contributed by atoms with Gasteiger partial charge in [-0.05, 0) is 37.8 Å². The van der Waals surface area contributed by atoms with Gasteiger partial charge in [0.2, 0.25) is 0 Å². The number of fused-ring (bicyclic) bond motifs is 1. The summed E-state index contributed by atoms with van der Waals surface area (Å²) >= 11 is 0. The number of ether oxygens (including phenoxy) is 1. The molecule has 0 radical (unpaired) electrons. The Morgan fingerprint density at radius 3 is 2.95 bits per heavy atom. The van der Waals surface area contributed by atoms with E-state index in [9.17, 15) is 0 Å². The maximum absolute atomic E-state index is 6.47. The van der Waals surface area contributed by atoms with Crippen LogP contribution in [0.2, 0.25) is 0 Å². The third-order valence-corrected chi connectivity index (χ3v) is 4.70. The summed E-state index contributed by atoms with van der Waals surface area (Å²) < 4.78 is 6.47. The Morgan fingerprint density at radius 1 is 1.32 bits per heavy atom. The summed E-state index contributed by atoms with van der Waals surface area (Å²) in [5.74, 6) is 1.90. The van der Waals surface area contributed by atoms with Crippen LogP contribution < -0.4 is 10.1 Å². The van der Waals surface area contributed by atoms with Gasteiger partial charge in [-0.15, -0.1) is 0 Å². The second kappa shape index (κ2) is 5.16. The molecule has 19 heavy (non-hydrogen) atoms. The molecule has 0 amide bonds. The predicted molar refractivity (Wildman–Crippen MR) is 78.5 cm³/mol. The number of hydrogen-bond acceptors (Lipinski definition) is 2. The van der Waals surface area contributed by atoms with Crippen molar-refractivity contribution in [2.24, 2.45) is 5.92 Å². The molecule has 1 spiro atoms. The first-order chi connectivity index (χ1) is 9.22. The zero-order chi connectivity index (χ0) is 13.3. The Hall–Kier alpha value is -1.02. The van der Waals surface area contributed by atoms with Gasteiger partial charge in [-0.25, -0.2) is 0 Å². The molecule has 1 fully saturated rings. The van der Waals surface area contributed by atoms with E-state index >= 15 is 0 Å². The fraction of sp³-hybridized carbons (Fsp3) is 0.647. The van der Waals surface area contributed by atoms with E-state index in [0.717, 1.165) is 24.6 Å². The lowest BCUT2D eigenvalue weighted by Gasteiger charge is -2.46. The molecule has 1 aromatic rings. The van der Waals surface area contributed by atoms with Gasteiger partial charge < -0.3 is 10.1 Å². The molecule has 3 unspecified atom stereocenters. The molecule has 1 aromatic carbocycles. The molecule has 2 nitrogen and oxygen atoms in total. The first-order valence-electron chi connectivity index (χ1n) is 7.74. The van der Waals surface area contributed by atoms with Crippen LogP contribution >= 0.6 is 0 Å². The zero-order valence-corrected chi connectivity index (χ0v) is 12.1. The summed E-state index contributed by atoms with van der Waals surface area (Å²) in [6.07, 6.45) is 6.22. The lowest BCUT2D eigenvalue weighted by Crippen LogP contribution is -2.47. The van der Waals surface area contributed by atoms with E-state index in [-0.39, 0.29) is 5.60 Å². The molecule has 1 heterocycles. The Bertz CT molecular complexity index is 445. The summed E-state index contributed by atoms with van der Waals surface area (Å²) in [6, 6.07) is 9.02. The van der Waals surface area contributed by atoms with Crippen LogP contribution in [0.3, 0.4) is 0 Å². The molecule has 0 saturated heterocycles. The van der Waals surface area contributed by atoms with Gasteiger partial charge in [0.15, 0.2) is 0 Å². The van der Waals surface area contributed by atoms with Crippen LogP contribution in [-0.2, 0) is 0 Å². The Kier molecular flexibility index (Phi) is 3.53. The van der Waals surface area contributed by atoms with Gasteiger partial charge >= 0.3 is 0 Å². The maximum atomic E-state index is 6.47. The van der Waals surface area contributed by atoms with Crippen molar-refractivity contribution in [1.29, 1.82) is 0 Å². The van der Waals surface area contributed by atoms with Crippen molar-refractivity contribution in [3.8, 4) is 5.75 Å². The fourth-order valence-corrected chi connectivity index (χ4v) is 3.94. The van der Waals surface area contributed by atoms with E-state index < -0.39 is 0 Å². The van der Waals surface area contributed by atoms with Crippen molar-refractivity contribution >= 4 is 0 Å². The van der Waals surface area contributed by atoms with Crippen molar-refractivity contribution in [3.63, 3.8) is 0 Å². The van der Waals surface area contributed by atoms with Gasteiger partial charge in [0.1, 0.15) is 11.4 Å². The largest absolute Gasteiger partial charge is 0.487 e. The summed E-state index contributed by atoms with van der Waals surface area (Å²) in [4.78, 5) is 0. The van der Waals surface area contributed by atoms with Crippen molar-refractivity contribution in [2.75, 3.05) is 6.54 Å². The molecular formula is C17H25NO. The van der Waals surface area contributed by atoms with E-state index in [1.165, 1.54) is 31.2 Å². The summed E-state index contributed by atoms with van der Waals surface area (Å²) in [6.45, 7) is 5.58. The van der Waals surface area contributed by atoms with Gasteiger partial charge in [0.25, 0.3) is 0 Å². The molecular weight excluding hydrogens is 234 g/mol. The molecule has 1 saturated carbocycles. The van der Waals surface area contributed by atoms with Crippen LogP contribution in [0, 0.1) is 5.92 Å². The quantitative estimate of drug-likeness (QED) is 0.864. The van der Waals surface area contributed by atoms with Gasteiger partial charge in [-0.1, -0.05) is 38.5 Å². The Morgan fingerprint density at radius 2 is 2.16 bits per heavy atom. The van der Waals surface area contributed by atoms with Crippen LogP contribution in [0.1, 0.15) is 57.6 Å². The molecule has 104 valence electrons. The van der Waals surface area contributed by atoms with Crippen molar-refractivity contribution in [3.05, 3.63) is 29.8 Å². The number of nitrogens with one attached hydrogen (secondary N) is 1. The number of para-hydroxylation sites is 1. The molecule has 2 aliphatic rings. The second-order valence-corrected chi connectivity index (χ2v) is 6.34. The monoisotopic (exact) mass is 259 g/mol. The first kappa shape index (κ1) is 13.0. The molecule has 2 heteroatoms. The average molecular weight is 259 g/mol. The predicted octanol–water partition coefficient (Wildman–Crippen LogP) is 4.07. The Labute approximate surface area is 116 Å². The highest BCUT2D eigenvalue weighted by Gasteiger charge is 2.43. The van der Waals surface area contributed by atoms with E-state index in [0.29, 0.717) is 6.04 Å². The van der Waals surface area contributed by atoms with Crippen LogP contribution in [-0.4, -0.2) is 12.1 Å². The highest BCUT2D eigenvalue weighted by molar-refractivity contribution is 5.39. The van der Waals surface area contributed by atoms with Crippen LogP contribution in [0.15, 0.2) is 24.3 Å². The minimum Gasteiger partial charge on any atom is -0.487 e. The van der Waals surface area contributed by atoms with Crippen molar-refractivity contribution in [2.45, 2.75) is 57.6 Å². The normalized spacial score (nSPS) is 33.8. The van der Waals surface area contributed by atoms with Crippen molar-refractivity contribution < 1.29 is 4.74 Å². The fourth-order valence-electron chi connectivity index (χ4n) is 3.94. The lowest BCUT2D eigenvalue weighted by molar-refractivity contribution is -0.0178. The maximum Gasteiger partial charge on any atom is 0.124 e. The lowest BCUT2D eigenvalue weighted by atomic mass is 9.73. The molecule has 3 atom stereocenters. The highest BCUT2D eigenvalue weighted by atomic mass is 16.5. The number of rotatable bonds is 2. The molecule has 3 rings (SSSR count).